The van der Waals surface area contributed by atoms with Gasteiger partial charge in [0.2, 0.25) is 5.91 Å². The van der Waals surface area contributed by atoms with Crippen LogP contribution in [0.2, 0.25) is 0 Å². The van der Waals surface area contributed by atoms with Gasteiger partial charge in [-0.05, 0) is 57.1 Å². The molecule has 78 heavy (non-hydrogen) atoms. The molecule has 18 nitrogen and oxygen atoms in total. The standard InChI is InChI=1S/C60H80N6O12/c1-32(2)31-66-26-24-60(25-27-66)64-48-45-46-53(71)38(8)56-47(45)57(73)59(9,78-56)76-28-23-42(75-10)35(5)55(77-44(68)29-43(67)62-41-21-19-40(20-22-41)61-30-39-17-12-11-13-18-39)37(7)52(70)36(6)51(69)33(3)15-14-16-34(4)58(74)63-50(54(46)72)49(48)65-60/h11-18,23,28,32-33,35-37,40-42,51-52,55,61,64,69-72H,19-22,24-27,29-31H2,1-10H3,(H,62,67)/b15-14+,28-23+,34-16-,63-50?/t33-,35+,36+,37+,40?,41?,42-,51-,52+,55+,59-/m0/s1. The normalized spacial score (nSPS) is 31.1. The number of aliphatic hydroxyl groups is 2. The number of hydrogen-bond acceptors (Lipinski definition) is 16. The Bertz CT molecular complexity index is 2960. The molecule has 1 saturated carbocycles. The van der Waals surface area contributed by atoms with Gasteiger partial charge in [-0.2, -0.15) is 0 Å². The molecule has 1 saturated heterocycles. The van der Waals surface area contributed by atoms with E-state index in [0.29, 0.717) is 43.6 Å². The summed E-state index contributed by atoms with van der Waals surface area (Å²) in [6.07, 6.45) is 7.06. The average Bonchev–Trinajstić information content (AvgIpc) is 4.15. The van der Waals surface area contributed by atoms with Gasteiger partial charge in [-0.3, -0.25) is 24.2 Å². The number of amides is 2. The molecule has 0 radical (unpaired) electrons. The molecule has 0 aromatic heterocycles. The SMILES string of the molecule is CO[C@H]1/C=C/O[C@@]2(C)Oc3c(C)c(O)c4c(O)c(c5c(c4c3C2=O)NC2(CCN(CC(C)C)CC2)N=5)=NC(=O)/C(C)=C\C=C\[C@H](C)[C@H](O)[C@@H](C)[C@@H](O)[C@@H](C)[C@H](OC(=O)CC(=O)NC2CCC(NCc3ccccc3)CC2)[C@@H]1C. The molecule has 3 aromatic carbocycles. The van der Waals surface area contributed by atoms with E-state index in [9.17, 15) is 39.6 Å². The summed E-state index contributed by atoms with van der Waals surface area (Å²) in [7, 11) is 1.45. The highest BCUT2D eigenvalue weighted by atomic mass is 16.7. The van der Waals surface area contributed by atoms with E-state index in [4.69, 9.17) is 23.9 Å². The largest absolute Gasteiger partial charge is 0.507 e. The number of allylic oxidation sites excluding steroid dienone is 2. The van der Waals surface area contributed by atoms with Crippen molar-refractivity contribution in [3.63, 3.8) is 0 Å². The highest BCUT2D eigenvalue weighted by Crippen LogP contribution is 2.51. The van der Waals surface area contributed by atoms with E-state index >= 15 is 0 Å². The van der Waals surface area contributed by atoms with E-state index in [2.05, 4.69) is 51.8 Å². The predicted molar refractivity (Wildman–Crippen MR) is 294 cm³/mol. The van der Waals surface area contributed by atoms with Gasteiger partial charge in [-0.25, -0.2) is 4.99 Å². The number of hydrogen-bond donors (Lipinski definition) is 7. The van der Waals surface area contributed by atoms with Crippen molar-refractivity contribution >= 4 is 40.0 Å². The van der Waals surface area contributed by atoms with Crippen molar-refractivity contribution in [1.29, 1.82) is 0 Å². The number of aliphatic hydroxyl groups excluding tert-OH is 2. The molecule has 5 heterocycles. The second-order valence-corrected chi connectivity index (χ2v) is 23.0. The number of nitrogens with zero attached hydrogens (tertiary/aromatic N) is 3. The molecule has 9 rings (SSSR count). The molecule has 1 spiro atoms. The van der Waals surface area contributed by atoms with E-state index in [0.717, 1.165) is 38.8 Å². The number of anilines is 1. The van der Waals surface area contributed by atoms with Crippen LogP contribution in [0.15, 0.2) is 76.5 Å². The minimum Gasteiger partial charge on any atom is -0.507 e. The van der Waals surface area contributed by atoms with E-state index in [-0.39, 0.29) is 50.0 Å². The molecule has 5 bridgehead atoms. The van der Waals surface area contributed by atoms with Crippen LogP contribution in [0.25, 0.3) is 10.8 Å². The highest BCUT2D eigenvalue weighted by molar-refractivity contribution is 6.21. The number of fused-ring (bicyclic) bond motifs is 13. The fourth-order valence-electron chi connectivity index (χ4n) is 11.9. The first-order valence-corrected chi connectivity index (χ1v) is 27.7. The number of rotatable bonds is 10. The van der Waals surface area contributed by atoms with Crippen molar-refractivity contribution in [2.45, 2.75) is 162 Å². The number of methoxy groups -OCH3 is 1. The Morgan fingerprint density at radius 1 is 0.897 bits per heavy atom. The van der Waals surface area contributed by atoms with Crippen LogP contribution in [0, 0.1) is 36.5 Å². The summed E-state index contributed by atoms with van der Waals surface area (Å²) in [6.45, 7) is 18.8. The summed E-state index contributed by atoms with van der Waals surface area (Å²) in [4.78, 5) is 68.3. The van der Waals surface area contributed by atoms with Gasteiger partial charge >= 0.3 is 11.8 Å². The fourth-order valence-corrected chi connectivity index (χ4v) is 11.9. The molecule has 0 unspecified atom stereocenters. The van der Waals surface area contributed by atoms with Crippen LogP contribution in [0.5, 0.6) is 17.2 Å². The van der Waals surface area contributed by atoms with Crippen LogP contribution >= 0.6 is 0 Å². The number of esters is 1. The number of aromatic hydroxyl groups is 2. The van der Waals surface area contributed by atoms with Gasteiger partial charge in [0.05, 0.1) is 41.2 Å². The lowest BCUT2D eigenvalue weighted by atomic mass is 9.78. The number of piperidine rings is 1. The maximum absolute atomic E-state index is 15.0. The summed E-state index contributed by atoms with van der Waals surface area (Å²) in [5.74, 6) is -8.00. The van der Waals surface area contributed by atoms with Crippen LogP contribution < -0.4 is 31.4 Å². The van der Waals surface area contributed by atoms with Crippen molar-refractivity contribution in [1.82, 2.24) is 15.5 Å². The van der Waals surface area contributed by atoms with Gasteiger partial charge in [-0.15, -0.1) is 0 Å². The molecule has 6 aliphatic rings. The molecule has 5 aliphatic heterocycles. The minimum atomic E-state index is -2.02. The number of carbonyl (C=O) groups excluding carboxylic acids is 4. The van der Waals surface area contributed by atoms with Crippen molar-refractivity contribution < 1.29 is 58.6 Å². The van der Waals surface area contributed by atoms with Gasteiger partial charge in [0.25, 0.3) is 11.7 Å². The molecule has 7 N–H and O–H groups in total. The molecule has 18 heteroatoms. The second-order valence-electron chi connectivity index (χ2n) is 23.0. The number of nitrogens with one attached hydrogen (secondary N) is 3. The Labute approximate surface area is 457 Å². The first-order chi connectivity index (χ1) is 37.0. The summed E-state index contributed by atoms with van der Waals surface area (Å²) in [5, 5.41) is 58.1. The number of likely N-dealkylation sites (tertiary alicyclic amines) is 1. The summed E-state index contributed by atoms with van der Waals surface area (Å²) >= 11 is 0. The number of benzene rings is 3. The van der Waals surface area contributed by atoms with Gasteiger partial charge in [0.1, 0.15) is 40.4 Å². The van der Waals surface area contributed by atoms with Gasteiger partial charge in [0.15, 0.2) is 5.75 Å². The Hall–Kier alpha value is -6.18. The lowest BCUT2D eigenvalue weighted by Gasteiger charge is -2.38. The zero-order chi connectivity index (χ0) is 56.4. The molecule has 1 aliphatic carbocycles. The van der Waals surface area contributed by atoms with E-state index < -0.39 is 101 Å². The van der Waals surface area contributed by atoms with Crippen LogP contribution in [-0.4, -0.2) is 124 Å². The maximum Gasteiger partial charge on any atom is 0.315 e. The Morgan fingerprint density at radius 3 is 2.24 bits per heavy atom. The van der Waals surface area contributed by atoms with E-state index in [1.165, 1.54) is 38.0 Å². The topological polar surface area (TPSA) is 250 Å². The molecular weight excluding hydrogens is 997 g/mol. The Morgan fingerprint density at radius 2 is 1.58 bits per heavy atom. The average molecular weight is 1080 g/mol. The van der Waals surface area contributed by atoms with Gasteiger partial charge < -0.3 is 60.2 Å². The summed E-state index contributed by atoms with van der Waals surface area (Å²) in [5.41, 5.74) is 0.958. The summed E-state index contributed by atoms with van der Waals surface area (Å²) in [6, 6.07) is 10.4. The highest BCUT2D eigenvalue weighted by Gasteiger charge is 2.51. The second kappa shape index (κ2) is 24.0. The minimum absolute atomic E-state index is 0.0257. The van der Waals surface area contributed by atoms with Crippen molar-refractivity contribution in [2.75, 3.05) is 32.1 Å². The number of ether oxygens (including phenoxy) is 4. The zero-order valence-corrected chi connectivity index (χ0v) is 46.8. The Balaban J connectivity index is 1.10. The monoisotopic (exact) mass is 1080 g/mol. The van der Waals surface area contributed by atoms with Crippen LogP contribution in [0.1, 0.15) is 122 Å². The van der Waals surface area contributed by atoms with Gasteiger partial charge in [-0.1, -0.05) is 90.1 Å². The number of phenols is 2. The van der Waals surface area contributed by atoms with Crippen molar-refractivity contribution in [3.05, 3.63) is 93.9 Å². The molecule has 3 aromatic rings. The zero-order valence-electron chi connectivity index (χ0n) is 46.8. The van der Waals surface area contributed by atoms with Crippen molar-refractivity contribution in [2.24, 2.45) is 39.6 Å². The number of carbonyl (C=O) groups is 4. The first-order valence-electron chi connectivity index (χ1n) is 27.7. The van der Waals surface area contributed by atoms with Crippen LogP contribution in [0.3, 0.4) is 0 Å². The quantitative estimate of drug-likeness (QED) is 0.0665. The fraction of sp³-hybridized carbons (Fsp3) is 0.567. The third-order valence-corrected chi connectivity index (χ3v) is 16.7. The molecule has 2 fully saturated rings. The smallest absolute Gasteiger partial charge is 0.315 e. The third kappa shape index (κ3) is 12.2. The molecule has 9 atom stereocenters. The number of ketones is 1. The van der Waals surface area contributed by atoms with Crippen LogP contribution in [-0.2, 0) is 35.1 Å². The van der Waals surface area contributed by atoms with Gasteiger partial charge in [0, 0.05) is 105 Å². The molecular formula is C60H80N6O12. The Kier molecular flexibility index (Phi) is 17.9. The maximum atomic E-state index is 15.0. The molecule has 422 valence electrons. The molecule has 2 amide bonds. The lowest BCUT2D eigenvalue weighted by Crippen LogP contribution is -2.47. The number of phenolic OH excluding ortho intramolecular Hbond substituents is 2. The predicted octanol–water partition coefficient (Wildman–Crippen LogP) is 6.34. The van der Waals surface area contributed by atoms with E-state index in [1.54, 1.807) is 53.7 Å². The van der Waals surface area contributed by atoms with E-state index in [1.807, 2.05) is 18.2 Å². The van der Waals surface area contributed by atoms with Crippen LogP contribution in [0.4, 0.5) is 5.69 Å². The summed E-state index contributed by atoms with van der Waals surface area (Å²) < 4.78 is 24.7. The van der Waals surface area contributed by atoms with Crippen molar-refractivity contribution in [3.8, 4) is 17.2 Å². The number of Topliss-reactive ketones (excluding diaryl/α,β-unsaturated/α-hetero) is 1. The lowest BCUT2D eigenvalue weighted by molar-refractivity contribution is -0.164. The third-order valence-electron chi connectivity index (χ3n) is 16.7. The first kappa shape index (κ1) is 58.0.